The second-order valence-corrected chi connectivity index (χ2v) is 19.0. The average Bonchev–Trinajstić information content (AvgIpc) is 3.87. The summed E-state index contributed by atoms with van der Waals surface area (Å²) in [5, 5.41) is 1.26. The second kappa shape index (κ2) is 28.5. The maximum absolute atomic E-state index is 6.04. The molecule has 5 aliphatic rings. The molecule has 3 fully saturated rings. The van der Waals surface area contributed by atoms with Gasteiger partial charge in [0, 0.05) is 115 Å². The first kappa shape index (κ1) is 54.0. The fraction of sp³-hybridized carbons (Fsp3) is 0.564. The first-order chi connectivity index (χ1) is 33.7. The Balaban J connectivity index is 0.000000151. The molecule has 0 aromatic heterocycles. The maximum Gasteiger partial charge on any atom is 0.231 e. The van der Waals surface area contributed by atoms with E-state index in [1.165, 1.54) is 80.2 Å². The van der Waals surface area contributed by atoms with E-state index in [1.807, 2.05) is 31.2 Å². The molecule has 9 rings (SSSR count). The van der Waals surface area contributed by atoms with Gasteiger partial charge in [0.25, 0.3) is 0 Å². The van der Waals surface area contributed by atoms with Gasteiger partial charge in [0.2, 0.25) is 6.79 Å². The summed E-state index contributed by atoms with van der Waals surface area (Å²) in [6.07, 6.45) is 4.82. The normalized spacial score (nSPS) is 17.4. The molecule has 5 aliphatic heterocycles. The summed E-state index contributed by atoms with van der Waals surface area (Å²) in [5.74, 6) is 4.38. The molecule has 0 atom stereocenters. The smallest absolute Gasteiger partial charge is 0.231 e. The zero-order chi connectivity index (χ0) is 49.0. The molecule has 4 aromatic rings. The molecule has 0 amide bonds. The van der Waals surface area contributed by atoms with Gasteiger partial charge in [-0.3, -0.25) is 19.6 Å². The molecule has 3 saturated heterocycles. The Kier molecular flexibility index (Phi) is 22.3. The monoisotopic (exact) mass is 990 g/mol. The lowest BCUT2D eigenvalue weighted by atomic mass is 9.99. The lowest BCUT2D eigenvalue weighted by Crippen LogP contribution is -2.46. The lowest BCUT2D eigenvalue weighted by Gasteiger charge is -2.36. The SMILES string of the molecule is CCCN1CCN(c2ccc(Cl)c(Cl)c2)CC1.CCCN1CCN(c2ccc(OCC)cc2)CC1.CCCN1CCN(c2ccc3c(c2)OCO3)CC1.CCN1CCc2cc(OC)c(OC)cc2C1. The van der Waals surface area contributed by atoms with Crippen LogP contribution in [0.15, 0.2) is 72.8 Å². The third-order valence-electron chi connectivity index (χ3n) is 13.5. The molecule has 0 unspecified atom stereocenters. The Morgan fingerprint density at radius 1 is 0.478 bits per heavy atom. The highest BCUT2D eigenvalue weighted by Crippen LogP contribution is 2.36. The molecule has 14 heteroatoms. The highest BCUT2D eigenvalue weighted by Gasteiger charge is 2.22. The van der Waals surface area contributed by atoms with Crippen molar-refractivity contribution in [2.75, 3.05) is 154 Å². The number of benzene rings is 4. The topological polar surface area (TPSA) is 68.8 Å². The number of hydrogen-bond donors (Lipinski definition) is 0. The molecule has 0 bridgehead atoms. The molecule has 0 saturated carbocycles. The summed E-state index contributed by atoms with van der Waals surface area (Å²) >= 11 is 12.0. The third-order valence-corrected chi connectivity index (χ3v) is 14.2. The Bertz CT molecular complexity index is 2110. The molecule has 0 N–H and O–H groups in total. The van der Waals surface area contributed by atoms with Crippen LogP contribution in [0.3, 0.4) is 0 Å². The first-order valence-electron chi connectivity index (χ1n) is 25.6. The minimum Gasteiger partial charge on any atom is -0.494 e. The van der Waals surface area contributed by atoms with Crippen molar-refractivity contribution >= 4 is 40.3 Å². The first-order valence-corrected chi connectivity index (χ1v) is 26.4. The minimum absolute atomic E-state index is 0.350. The number of ether oxygens (including phenoxy) is 5. The number of nitrogens with zero attached hydrogens (tertiary/aromatic N) is 7. The van der Waals surface area contributed by atoms with Gasteiger partial charge in [-0.05, 0) is 137 Å². The van der Waals surface area contributed by atoms with Gasteiger partial charge < -0.3 is 38.4 Å². The van der Waals surface area contributed by atoms with Crippen LogP contribution >= 0.6 is 23.2 Å². The standard InChI is InChI=1S/C15H24N2O.C14H20N2O2.C13H18Cl2N2.C13H19NO2/c1-3-9-16-10-12-17(13-11-16)14-5-7-15(8-6-14)18-4-2;1-2-5-15-6-8-16(9-7-15)12-3-4-13-14(10-12)18-11-17-13;1-2-5-16-6-8-17(9-7-16)11-3-4-12(14)13(15)10-11;1-4-14-6-5-10-7-12(15-2)13(16-3)8-11(10)9-14/h5-8H,3-4,9-13H2,1-2H3;3-4,10H,2,5-9,11H2,1H3;3-4,10H,2,5-9H2,1H3;7-8H,4-6,9H2,1-3H3. The van der Waals surface area contributed by atoms with E-state index in [0.717, 1.165) is 127 Å². The van der Waals surface area contributed by atoms with Crippen LogP contribution in [0.25, 0.3) is 0 Å². The van der Waals surface area contributed by atoms with E-state index < -0.39 is 0 Å². The van der Waals surface area contributed by atoms with Crippen molar-refractivity contribution in [3.63, 3.8) is 0 Å². The van der Waals surface area contributed by atoms with Gasteiger partial charge in [-0.15, -0.1) is 0 Å². The lowest BCUT2D eigenvalue weighted by molar-refractivity contribution is 0.174. The van der Waals surface area contributed by atoms with Crippen molar-refractivity contribution < 1.29 is 23.7 Å². The molecule has 69 heavy (non-hydrogen) atoms. The summed E-state index contributed by atoms with van der Waals surface area (Å²) in [6.45, 7) is 32.5. The van der Waals surface area contributed by atoms with E-state index in [-0.39, 0.29) is 0 Å². The van der Waals surface area contributed by atoms with Crippen LogP contribution in [-0.4, -0.2) is 158 Å². The van der Waals surface area contributed by atoms with Crippen LogP contribution in [0.2, 0.25) is 10.0 Å². The molecule has 5 heterocycles. The highest BCUT2D eigenvalue weighted by atomic mass is 35.5. The minimum atomic E-state index is 0.350. The number of anilines is 3. The Morgan fingerprint density at radius 3 is 1.45 bits per heavy atom. The predicted molar refractivity (Wildman–Crippen MR) is 288 cm³/mol. The largest absolute Gasteiger partial charge is 0.494 e. The molecule has 0 spiro atoms. The summed E-state index contributed by atoms with van der Waals surface area (Å²) in [5.41, 5.74) is 6.49. The molecule has 12 nitrogen and oxygen atoms in total. The van der Waals surface area contributed by atoms with Crippen LogP contribution in [-0.2, 0) is 13.0 Å². The van der Waals surface area contributed by atoms with E-state index >= 15 is 0 Å². The molecular formula is C55H81Cl2N7O5. The number of halogens is 2. The van der Waals surface area contributed by atoms with E-state index in [2.05, 4.69) is 111 Å². The third kappa shape index (κ3) is 16.1. The Hall–Kier alpha value is -4.30. The molecule has 0 radical (unpaired) electrons. The van der Waals surface area contributed by atoms with Gasteiger partial charge in [0.15, 0.2) is 23.0 Å². The fourth-order valence-corrected chi connectivity index (χ4v) is 9.83. The van der Waals surface area contributed by atoms with Crippen molar-refractivity contribution in [1.29, 1.82) is 0 Å². The summed E-state index contributed by atoms with van der Waals surface area (Å²) in [7, 11) is 3.37. The molecular weight excluding hydrogens is 910 g/mol. The van der Waals surface area contributed by atoms with Crippen molar-refractivity contribution in [2.24, 2.45) is 0 Å². The van der Waals surface area contributed by atoms with Crippen LogP contribution < -0.4 is 38.4 Å². The van der Waals surface area contributed by atoms with Crippen molar-refractivity contribution in [3.8, 4) is 28.7 Å². The Labute approximate surface area is 424 Å². The summed E-state index contributed by atoms with van der Waals surface area (Å²) < 4.78 is 26.9. The summed E-state index contributed by atoms with van der Waals surface area (Å²) in [4.78, 5) is 17.3. The van der Waals surface area contributed by atoms with E-state index in [1.54, 1.807) is 14.2 Å². The van der Waals surface area contributed by atoms with Crippen LogP contribution in [0.4, 0.5) is 17.1 Å². The van der Waals surface area contributed by atoms with Crippen LogP contribution in [0, 0.1) is 0 Å². The quantitative estimate of drug-likeness (QED) is 0.121. The molecule has 0 aliphatic carbocycles. The average molecular weight is 991 g/mol. The number of likely N-dealkylation sites (N-methyl/N-ethyl adjacent to an activating group) is 1. The van der Waals surface area contributed by atoms with Crippen LogP contribution in [0.5, 0.6) is 28.7 Å². The molecule has 4 aromatic carbocycles. The second-order valence-electron chi connectivity index (χ2n) is 18.1. The van der Waals surface area contributed by atoms with Crippen molar-refractivity contribution in [3.05, 3.63) is 94.0 Å². The van der Waals surface area contributed by atoms with E-state index in [4.69, 9.17) is 46.9 Å². The number of rotatable bonds is 14. The van der Waals surface area contributed by atoms with Gasteiger partial charge in [-0.25, -0.2) is 0 Å². The van der Waals surface area contributed by atoms with Gasteiger partial charge in [0.05, 0.1) is 30.9 Å². The van der Waals surface area contributed by atoms with E-state index in [9.17, 15) is 0 Å². The number of methoxy groups -OCH3 is 2. The zero-order valence-corrected chi connectivity index (χ0v) is 44.3. The highest BCUT2D eigenvalue weighted by molar-refractivity contribution is 6.42. The van der Waals surface area contributed by atoms with Gasteiger partial charge in [-0.1, -0.05) is 50.9 Å². The van der Waals surface area contributed by atoms with Gasteiger partial charge >= 0.3 is 0 Å². The van der Waals surface area contributed by atoms with Crippen molar-refractivity contribution in [1.82, 2.24) is 19.6 Å². The molecule has 380 valence electrons. The van der Waals surface area contributed by atoms with Crippen LogP contribution in [0.1, 0.15) is 65.0 Å². The number of fused-ring (bicyclic) bond motifs is 2. The van der Waals surface area contributed by atoms with Gasteiger partial charge in [-0.2, -0.15) is 0 Å². The number of hydrogen-bond acceptors (Lipinski definition) is 12. The van der Waals surface area contributed by atoms with E-state index in [0.29, 0.717) is 16.8 Å². The zero-order valence-electron chi connectivity index (χ0n) is 42.8. The Morgan fingerprint density at radius 2 is 0.957 bits per heavy atom. The summed E-state index contributed by atoms with van der Waals surface area (Å²) in [6, 6.07) is 24.8. The number of piperazine rings is 3. The predicted octanol–water partition coefficient (Wildman–Crippen LogP) is 10.2. The van der Waals surface area contributed by atoms with Crippen molar-refractivity contribution in [2.45, 2.75) is 66.8 Å². The maximum atomic E-state index is 6.04. The fourth-order valence-electron chi connectivity index (χ4n) is 9.53. The van der Waals surface area contributed by atoms with Gasteiger partial charge in [0.1, 0.15) is 5.75 Å².